The minimum Gasteiger partial charge on any atom is -0.507 e. The number of hydrogen-bond acceptors (Lipinski definition) is 6. The maximum Gasteiger partial charge on any atom is 0.295 e. The summed E-state index contributed by atoms with van der Waals surface area (Å²) in [4.78, 5) is 32.7. The molecule has 0 saturated carbocycles. The molecule has 1 aromatic carbocycles. The van der Waals surface area contributed by atoms with Gasteiger partial charge in [0.05, 0.1) is 16.6 Å². The van der Waals surface area contributed by atoms with E-state index in [1.54, 1.807) is 18.2 Å². The summed E-state index contributed by atoms with van der Waals surface area (Å²) < 4.78 is 0. The first-order valence-electron chi connectivity index (χ1n) is 8.63. The number of hydrogen-bond donors (Lipinski definition) is 2. The SMILES string of the molecule is CN(C)CCN1C(=O)C(=O)/C(=C(\O)c2ccncc2)C1c1ccc(O)c(Cl)c1. The molecule has 8 heteroatoms. The summed E-state index contributed by atoms with van der Waals surface area (Å²) in [6.07, 6.45) is 2.98. The van der Waals surface area contributed by atoms with Gasteiger partial charge in [0.1, 0.15) is 11.5 Å². The molecule has 2 aromatic rings. The molecule has 1 atom stereocenters. The van der Waals surface area contributed by atoms with Gasteiger partial charge in [0.25, 0.3) is 11.7 Å². The summed E-state index contributed by atoms with van der Waals surface area (Å²) in [5.74, 6) is -1.83. The highest BCUT2D eigenvalue weighted by Crippen LogP contribution is 2.40. The number of aromatic nitrogens is 1. The molecule has 0 bridgehead atoms. The number of Topliss-reactive ketones (excluding diaryl/α,β-unsaturated/α-hetero) is 1. The number of aliphatic hydroxyl groups is 1. The molecule has 1 aromatic heterocycles. The molecule has 2 heterocycles. The monoisotopic (exact) mass is 401 g/mol. The van der Waals surface area contributed by atoms with E-state index in [9.17, 15) is 19.8 Å². The molecule has 1 aliphatic heterocycles. The molecule has 1 saturated heterocycles. The van der Waals surface area contributed by atoms with Crippen molar-refractivity contribution in [3.8, 4) is 5.75 Å². The smallest absolute Gasteiger partial charge is 0.295 e. The second-order valence-corrected chi connectivity index (χ2v) is 7.15. The number of amides is 1. The van der Waals surface area contributed by atoms with Crippen molar-refractivity contribution in [1.29, 1.82) is 0 Å². The van der Waals surface area contributed by atoms with Gasteiger partial charge in [-0.25, -0.2) is 0 Å². The van der Waals surface area contributed by atoms with Crippen molar-refractivity contribution in [3.63, 3.8) is 0 Å². The zero-order valence-electron chi connectivity index (χ0n) is 15.5. The largest absolute Gasteiger partial charge is 0.507 e. The number of phenols is 1. The lowest BCUT2D eigenvalue weighted by Crippen LogP contribution is -2.35. The molecule has 1 amide bonds. The lowest BCUT2D eigenvalue weighted by atomic mass is 9.95. The molecule has 3 rings (SSSR count). The average molecular weight is 402 g/mol. The first kappa shape index (κ1) is 19.9. The van der Waals surface area contributed by atoms with Gasteiger partial charge in [0, 0.05) is 31.0 Å². The number of phenolic OH excluding ortho intramolecular Hbond substituents is 1. The van der Waals surface area contributed by atoms with E-state index in [4.69, 9.17) is 11.6 Å². The minimum atomic E-state index is -0.814. The maximum atomic E-state index is 12.8. The molecule has 0 radical (unpaired) electrons. The summed E-state index contributed by atoms with van der Waals surface area (Å²) in [6, 6.07) is 6.78. The van der Waals surface area contributed by atoms with Gasteiger partial charge in [-0.2, -0.15) is 0 Å². The van der Waals surface area contributed by atoms with Crippen molar-refractivity contribution in [2.45, 2.75) is 6.04 Å². The second kappa shape index (κ2) is 8.00. The molecule has 146 valence electrons. The van der Waals surface area contributed by atoms with Crippen molar-refractivity contribution in [3.05, 3.63) is 64.4 Å². The van der Waals surface area contributed by atoms with Crippen LogP contribution in [0.5, 0.6) is 5.75 Å². The van der Waals surface area contributed by atoms with Crippen molar-refractivity contribution < 1.29 is 19.8 Å². The third kappa shape index (κ3) is 3.72. The molecular formula is C20H20ClN3O4. The van der Waals surface area contributed by atoms with Gasteiger partial charge in [-0.15, -0.1) is 0 Å². The van der Waals surface area contributed by atoms with E-state index in [2.05, 4.69) is 4.98 Å². The van der Waals surface area contributed by atoms with E-state index in [0.717, 1.165) is 0 Å². The Morgan fingerprint density at radius 3 is 2.50 bits per heavy atom. The lowest BCUT2D eigenvalue weighted by Gasteiger charge is -2.26. The molecule has 2 N–H and O–H groups in total. The lowest BCUT2D eigenvalue weighted by molar-refractivity contribution is -0.140. The highest BCUT2D eigenvalue weighted by atomic mass is 35.5. The predicted octanol–water partition coefficient (Wildman–Crippen LogP) is 2.42. The van der Waals surface area contributed by atoms with E-state index in [0.29, 0.717) is 17.7 Å². The number of ketones is 1. The van der Waals surface area contributed by atoms with Crippen LogP contribution in [-0.4, -0.2) is 63.9 Å². The molecule has 0 spiro atoms. The summed E-state index contributed by atoms with van der Waals surface area (Å²) in [5, 5.41) is 20.6. The number of likely N-dealkylation sites (N-methyl/N-ethyl adjacent to an activating group) is 1. The number of rotatable bonds is 5. The Morgan fingerprint density at radius 2 is 1.89 bits per heavy atom. The molecule has 1 unspecified atom stereocenters. The zero-order chi connectivity index (χ0) is 20.4. The fourth-order valence-corrected chi connectivity index (χ4v) is 3.31. The van der Waals surface area contributed by atoms with E-state index in [-0.39, 0.29) is 28.6 Å². The molecule has 1 fully saturated rings. The Labute approximate surface area is 167 Å². The molecular weight excluding hydrogens is 382 g/mol. The highest BCUT2D eigenvalue weighted by molar-refractivity contribution is 6.46. The quantitative estimate of drug-likeness (QED) is 0.454. The van der Waals surface area contributed by atoms with Crippen LogP contribution in [0.15, 0.2) is 48.3 Å². The van der Waals surface area contributed by atoms with Gasteiger partial charge in [0.15, 0.2) is 0 Å². The number of aromatic hydroxyl groups is 1. The van der Waals surface area contributed by atoms with Gasteiger partial charge in [-0.1, -0.05) is 17.7 Å². The molecule has 28 heavy (non-hydrogen) atoms. The second-order valence-electron chi connectivity index (χ2n) is 6.74. The Hall–Kier alpha value is -2.90. The number of benzene rings is 1. The van der Waals surface area contributed by atoms with Crippen molar-refractivity contribution in [1.82, 2.24) is 14.8 Å². The Kier molecular flexibility index (Phi) is 5.67. The van der Waals surface area contributed by atoms with Gasteiger partial charge in [0.2, 0.25) is 0 Å². The van der Waals surface area contributed by atoms with Crippen LogP contribution >= 0.6 is 11.6 Å². The van der Waals surface area contributed by atoms with Crippen LogP contribution in [0.4, 0.5) is 0 Å². The van der Waals surface area contributed by atoms with Gasteiger partial charge in [-0.05, 0) is 43.9 Å². The van der Waals surface area contributed by atoms with Crippen LogP contribution in [-0.2, 0) is 9.59 Å². The average Bonchev–Trinajstić information content (AvgIpc) is 2.93. The van der Waals surface area contributed by atoms with Gasteiger partial charge >= 0.3 is 0 Å². The molecule has 1 aliphatic rings. The number of halogens is 1. The van der Waals surface area contributed by atoms with Crippen molar-refractivity contribution in [2.75, 3.05) is 27.2 Å². The number of carbonyl (C=O) groups is 2. The van der Waals surface area contributed by atoms with Crippen LogP contribution in [0.1, 0.15) is 17.2 Å². The molecule has 7 nitrogen and oxygen atoms in total. The minimum absolute atomic E-state index is 0.0169. The number of carbonyl (C=O) groups excluding carboxylic acids is 2. The van der Waals surface area contributed by atoms with Crippen LogP contribution in [0, 0.1) is 0 Å². The standard InChI is InChI=1S/C20H20ClN3O4/c1-23(2)9-10-24-17(13-3-4-15(25)14(21)11-13)16(19(27)20(24)28)18(26)12-5-7-22-8-6-12/h3-8,11,17,25-26H,9-10H2,1-2H3/b18-16-. The number of likely N-dealkylation sites (tertiary alicyclic amines) is 1. The van der Waals surface area contributed by atoms with Gasteiger partial charge < -0.3 is 20.0 Å². The van der Waals surface area contributed by atoms with Gasteiger partial charge in [-0.3, -0.25) is 14.6 Å². The molecule has 0 aliphatic carbocycles. The number of aliphatic hydroxyl groups excluding tert-OH is 1. The van der Waals surface area contributed by atoms with Crippen LogP contribution < -0.4 is 0 Å². The summed E-state index contributed by atoms with van der Waals surface area (Å²) in [5.41, 5.74) is 0.892. The predicted molar refractivity (Wildman–Crippen MR) is 105 cm³/mol. The topological polar surface area (TPSA) is 94.0 Å². The van der Waals surface area contributed by atoms with Crippen LogP contribution in [0.2, 0.25) is 5.02 Å². The Morgan fingerprint density at radius 1 is 1.21 bits per heavy atom. The van der Waals surface area contributed by atoms with E-state index in [1.807, 2.05) is 19.0 Å². The fourth-order valence-electron chi connectivity index (χ4n) is 3.12. The summed E-state index contributed by atoms with van der Waals surface area (Å²) >= 11 is 6.05. The van der Waals surface area contributed by atoms with Crippen LogP contribution in [0.25, 0.3) is 5.76 Å². The first-order chi connectivity index (χ1) is 13.3. The van der Waals surface area contributed by atoms with E-state index >= 15 is 0 Å². The highest BCUT2D eigenvalue weighted by Gasteiger charge is 2.46. The third-order valence-corrected chi connectivity index (χ3v) is 4.87. The Balaban J connectivity index is 2.16. The van der Waals surface area contributed by atoms with E-state index < -0.39 is 17.7 Å². The van der Waals surface area contributed by atoms with Crippen molar-refractivity contribution >= 4 is 29.1 Å². The summed E-state index contributed by atoms with van der Waals surface area (Å²) in [7, 11) is 3.72. The number of nitrogens with zero attached hydrogens (tertiary/aromatic N) is 3. The first-order valence-corrected chi connectivity index (χ1v) is 9.01. The van der Waals surface area contributed by atoms with Crippen molar-refractivity contribution in [2.24, 2.45) is 0 Å². The summed E-state index contributed by atoms with van der Waals surface area (Å²) in [6.45, 7) is 0.818. The van der Waals surface area contributed by atoms with Crippen LogP contribution in [0.3, 0.4) is 0 Å². The zero-order valence-corrected chi connectivity index (χ0v) is 16.2. The number of pyridine rings is 1. The Bertz CT molecular complexity index is 944. The normalized spacial score (nSPS) is 18.9. The third-order valence-electron chi connectivity index (χ3n) is 4.57. The fraction of sp³-hybridized carbons (Fsp3) is 0.250. The van der Waals surface area contributed by atoms with E-state index in [1.165, 1.54) is 29.4 Å². The maximum absolute atomic E-state index is 12.8.